The Bertz CT molecular complexity index is 909. The third-order valence-corrected chi connectivity index (χ3v) is 7.69. The lowest BCUT2D eigenvalue weighted by Crippen LogP contribution is -2.41. The van der Waals surface area contributed by atoms with E-state index in [-0.39, 0.29) is 41.0 Å². The van der Waals surface area contributed by atoms with Gasteiger partial charge in [-0.05, 0) is 24.6 Å². The summed E-state index contributed by atoms with van der Waals surface area (Å²) in [4.78, 5) is 11.1. The SMILES string of the molecule is C=CCN([C@H]1CCS(=O)(=O)C1)S(=O)(=O)c1cc(NC(C)=O)ccc1OC. The van der Waals surface area contributed by atoms with Gasteiger partial charge in [-0.25, -0.2) is 16.8 Å². The standard InChI is InChI=1S/C16H22N2O6S2/c1-4-8-18(14-7-9-25(20,21)11-14)26(22,23)16-10-13(17-12(2)19)5-6-15(16)24-3/h4-6,10,14H,1,7-9,11H2,2-3H3,(H,17,19)/t14-/m0/s1. The van der Waals surface area contributed by atoms with Crippen molar-refractivity contribution in [3.63, 3.8) is 0 Å². The van der Waals surface area contributed by atoms with Gasteiger partial charge in [0.1, 0.15) is 10.6 Å². The molecule has 0 spiro atoms. The molecule has 26 heavy (non-hydrogen) atoms. The number of amides is 1. The molecule has 144 valence electrons. The van der Waals surface area contributed by atoms with E-state index in [1.165, 1.54) is 38.3 Å². The van der Waals surface area contributed by atoms with Gasteiger partial charge in [0.25, 0.3) is 0 Å². The number of hydrogen-bond donors (Lipinski definition) is 1. The molecule has 0 unspecified atom stereocenters. The van der Waals surface area contributed by atoms with Crippen molar-refractivity contribution in [3.05, 3.63) is 30.9 Å². The average Bonchev–Trinajstić information content (AvgIpc) is 2.91. The first kappa shape index (κ1) is 20.4. The first-order valence-electron chi connectivity index (χ1n) is 7.89. The third kappa shape index (κ3) is 4.43. The second-order valence-electron chi connectivity index (χ2n) is 5.97. The van der Waals surface area contributed by atoms with Crippen molar-refractivity contribution in [1.29, 1.82) is 0 Å². The highest BCUT2D eigenvalue weighted by Crippen LogP contribution is 2.32. The van der Waals surface area contributed by atoms with Gasteiger partial charge in [0.05, 0.1) is 18.6 Å². The molecule has 1 fully saturated rings. The van der Waals surface area contributed by atoms with Gasteiger partial charge in [0.2, 0.25) is 15.9 Å². The number of sulfonamides is 1. The monoisotopic (exact) mass is 402 g/mol. The number of rotatable bonds is 7. The fraction of sp³-hybridized carbons (Fsp3) is 0.438. The molecule has 1 aliphatic rings. The van der Waals surface area contributed by atoms with Gasteiger partial charge in [0, 0.05) is 25.2 Å². The largest absolute Gasteiger partial charge is 0.495 e. The average molecular weight is 402 g/mol. The van der Waals surface area contributed by atoms with Crippen LogP contribution >= 0.6 is 0 Å². The Hall–Kier alpha value is -1.91. The molecule has 1 heterocycles. The fourth-order valence-electron chi connectivity index (χ4n) is 2.86. The van der Waals surface area contributed by atoms with E-state index in [4.69, 9.17) is 4.74 Å². The summed E-state index contributed by atoms with van der Waals surface area (Å²) in [6.45, 7) is 4.85. The number of anilines is 1. The van der Waals surface area contributed by atoms with Gasteiger partial charge in [0.15, 0.2) is 9.84 Å². The predicted molar refractivity (Wildman–Crippen MR) is 98.4 cm³/mol. The summed E-state index contributed by atoms with van der Waals surface area (Å²) >= 11 is 0. The van der Waals surface area contributed by atoms with Gasteiger partial charge < -0.3 is 10.1 Å². The number of sulfone groups is 1. The molecule has 8 nitrogen and oxygen atoms in total. The minimum absolute atomic E-state index is 0.0317. The zero-order valence-corrected chi connectivity index (χ0v) is 16.3. The molecule has 1 aromatic rings. The van der Waals surface area contributed by atoms with Crippen LogP contribution in [0.3, 0.4) is 0 Å². The van der Waals surface area contributed by atoms with Crippen molar-refractivity contribution in [2.45, 2.75) is 24.3 Å². The molecule has 1 amide bonds. The van der Waals surface area contributed by atoms with Crippen molar-refractivity contribution < 1.29 is 26.4 Å². The van der Waals surface area contributed by atoms with E-state index in [0.717, 1.165) is 4.31 Å². The summed E-state index contributed by atoms with van der Waals surface area (Å²) < 4.78 is 56.3. The molecule has 10 heteroatoms. The molecule has 0 aromatic heterocycles. The van der Waals surface area contributed by atoms with Gasteiger partial charge in [-0.2, -0.15) is 4.31 Å². The Labute approximate surface area is 153 Å². The summed E-state index contributed by atoms with van der Waals surface area (Å²) in [5, 5.41) is 2.53. The smallest absolute Gasteiger partial charge is 0.247 e. The number of ether oxygens (including phenoxy) is 1. The molecule has 1 saturated heterocycles. The van der Waals surface area contributed by atoms with Crippen molar-refractivity contribution in [1.82, 2.24) is 4.31 Å². The summed E-state index contributed by atoms with van der Waals surface area (Å²) in [5.74, 6) is -0.519. The van der Waals surface area contributed by atoms with Crippen LogP contribution in [0.1, 0.15) is 13.3 Å². The van der Waals surface area contributed by atoms with E-state index in [1.807, 2.05) is 0 Å². The van der Waals surface area contributed by atoms with E-state index in [0.29, 0.717) is 5.69 Å². The van der Waals surface area contributed by atoms with Crippen LogP contribution in [0.4, 0.5) is 5.69 Å². The number of nitrogens with one attached hydrogen (secondary N) is 1. The normalized spacial score (nSPS) is 19.3. The maximum Gasteiger partial charge on any atom is 0.247 e. The quantitative estimate of drug-likeness (QED) is 0.682. The topological polar surface area (TPSA) is 110 Å². The Kier molecular flexibility index (Phi) is 6.09. The number of carbonyl (C=O) groups is 1. The maximum atomic E-state index is 13.2. The molecule has 0 radical (unpaired) electrons. The van der Waals surface area contributed by atoms with E-state index in [2.05, 4.69) is 11.9 Å². The fourth-order valence-corrected chi connectivity index (χ4v) is 6.49. The highest BCUT2D eigenvalue weighted by Gasteiger charge is 2.39. The molecule has 1 aliphatic heterocycles. The number of methoxy groups -OCH3 is 1. The number of nitrogens with zero attached hydrogens (tertiary/aromatic N) is 1. The van der Waals surface area contributed by atoms with Crippen LogP contribution in [0.5, 0.6) is 5.75 Å². The lowest BCUT2D eigenvalue weighted by molar-refractivity contribution is -0.114. The predicted octanol–water partition coefficient (Wildman–Crippen LogP) is 1.02. The lowest BCUT2D eigenvalue weighted by atomic mass is 10.2. The van der Waals surface area contributed by atoms with Crippen LogP contribution < -0.4 is 10.1 Å². The first-order valence-corrected chi connectivity index (χ1v) is 11.2. The summed E-state index contributed by atoms with van der Waals surface area (Å²) in [7, 11) is -6.01. The first-order chi connectivity index (χ1) is 12.1. The number of hydrogen-bond acceptors (Lipinski definition) is 6. The number of benzene rings is 1. The molecule has 0 aliphatic carbocycles. The van der Waals surface area contributed by atoms with Gasteiger partial charge in [-0.1, -0.05) is 6.08 Å². The zero-order valence-electron chi connectivity index (χ0n) is 14.6. The van der Waals surface area contributed by atoms with Gasteiger partial charge in [-0.3, -0.25) is 4.79 Å². The van der Waals surface area contributed by atoms with E-state index < -0.39 is 25.9 Å². The second-order valence-corrected chi connectivity index (χ2v) is 10.1. The van der Waals surface area contributed by atoms with Crippen LogP contribution in [-0.2, 0) is 24.7 Å². The van der Waals surface area contributed by atoms with Crippen LogP contribution in [0, 0.1) is 0 Å². The summed E-state index contributed by atoms with van der Waals surface area (Å²) in [5.41, 5.74) is 0.300. The molecular formula is C16H22N2O6S2. The molecule has 0 saturated carbocycles. The minimum Gasteiger partial charge on any atom is -0.495 e. The van der Waals surface area contributed by atoms with Crippen LogP contribution in [0.2, 0.25) is 0 Å². The number of carbonyl (C=O) groups excluding carboxylic acids is 1. The van der Waals surface area contributed by atoms with Crippen LogP contribution in [0.25, 0.3) is 0 Å². The van der Waals surface area contributed by atoms with Gasteiger partial charge in [-0.15, -0.1) is 6.58 Å². The van der Waals surface area contributed by atoms with E-state index in [9.17, 15) is 21.6 Å². The van der Waals surface area contributed by atoms with E-state index >= 15 is 0 Å². The van der Waals surface area contributed by atoms with Crippen molar-refractivity contribution in [2.75, 3.05) is 30.5 Å². The third-order valence-electron chi connectivity index (χ3n) is 4.00. The Balaban J connectivity index is 2.51. The minimum atomic E-state index is -4.08. The molecule has 1 aromatic carbocycles. The summed E-state index contributed by atoms with van der Waals surface area (Å²) in [6.07, 6.45) is 1.63. The highest BCUT2D eigenvalue weighted by molar-refractivity contribution is 7.92. The molecule has 1 N–H and O–H groups in total. The maximum absolute atomic E-state index is 13.2. The molecule has 0 bridgehead atoms. The Morgan fingerprint density at radius 3 is 2.65 bits per heavy atom. The van der Waals surface area contributed by atoms with Crippen LogP contribution in [-0.4, -0.2) is 58.3 Å². The van der Waals surface area contributed by atoms with Crippen molar-refractivity contribution >= 4 is 31.5 Å². The Morgan fingerprint density at radius 1 is 1.46 bits per heavy atom. The lowest BCUT2D eigenvalue weighted by Gasteiger charge is -2.27. The zero-order chi connectivity index (χ0) is 19.5. The highest BCUT2D eigenvalue weighted by atomic mass is 32.2. The van der Waals surface area contributed by atoms with Gasteiger partial charge >= 0.3 is 0 Å². The Morgan fingerprint density at radius 2 is 2.15 bits per heavy atom. The van der Waals surface area contributed by atoms with Crippen LogP contribution in [0.15, 0.2) is 35.7 Å². The van der Waals surface area contributed by atoms with Crippen molar-refractivity contribution in [2.24, 2.45) is 0 Å². The molecule has 1 atom stereocenters. The molecule has 2 rings (SSSR count). The van der Waals surface area contributed by atoms with Crippen molar-refractivity contribution in [3.8, 4) is 5.75 Å². The van der Waals surface area contributed by atoms with E-state index in [1.54, 1.807) is 0 Å². The summed E-state index contributed by atoms with van der Waals surface area (Å²) in [6, 6.07) is 3.60. The second kappa shape index (κ2) is 7.77. The molecular weight excluding hydrogens is 380 g/mol.